The van der Waals surface area contributed by atoms with Gasteiger partial charge in [-0.3, -0.25) is 9.59 Å². The molecular formula is C11H14N2O3S. The monoisotopic (exact) mass is 254 g/mol. The number of carboxylic acid groups (broad SMARTS) is 1. The van der Waals surface area contributed by atoms with Crippen molar-refractivity contribution in [1.82, 2.24) is 10.3 Å². The molecule has 1 heterocycles. The molecule has 2 unspecified atom stereocenters. The summed E-state index contributed by atoms with van der Waals surface area (Å²) in [7, 11) is 0. The molecule has 6 heteroatoms. The van der Waals surface area contributed by atoms with Crippen LogP contribution in [0, 0.1) is 11.8 Å². The highest BCUT2D eigenvalue weighted by molar-refractivity contribution is 7.09. The molecule has 0 saturated heterocycles. The molecular weight excluding hydrogens is 240 g/mol. The number of hydrogen-bond donors (Lipinski definition) is 2. The van der Waals surface area contributed by atoms with Crippen molar-refractivity contribution in [1.29, 1.82) is 0 Å². The minimum Gasteiger partial charge on any atom is -0.481 e. The van der Waals surface area contributed by atoms with Gasteiger partial charge in [0, 0.05) is 24.5 Å². The van der Waals surface area contributed by atoms with Crippen molar-refractivity contribution in [3.8, 4) is 0 Å². The normalized spacial score (nSPS) is 22.8. The third-order valence-corrected chi connectivity index (χ3v) is 3.89. The molecule has 0 aliphatic heterocycles. The molecule has 0 spiro atoms. The van der Waals surface area contributed by atoms with E-state index in [2.05, 4.69) is 10.3 Å². The summed E-state index contributed by atoms with van der Waals surface area (Å²) in [6.07, 6.45) is 3.72. The number of amides is 1. The van der Waals surface area contributed by atoms with Gasteiger partial charge >= 0.3 is 5.97 Å². The molecule has 0 bridgehead atoms. The lowest BCUT2D eigenvalue weighted by atomic mass is 9.73. The zero-order valence-corrected chi connectivity index (χ0v) is 10.1. The molecule has 0 radical (unpaired) electrons. The van der Waals surface area contributed by atoms with Crippen LogP contribution in [-0.4, -0.2) is 28.5 Å². The van der Waals surface area contributed by atoms with Crippen LogP contribution in [0.1, 0.15) is 17.8 Å². The van der Waals surface area contributed by atoms with Crippen molar-refractivity contribution >= 4 is 23.2 Å². The highest BCUT2D eigenvalue weighted by Crippen LogP contribution is 2.34. The quantitative estimate of drug-likeness (QED) is 0.818. The summed E-state index contributed by atoms with van der Waals surface area (Å²) in [6.45, 7) is 0.523. The molecule has 92 valence electrons. The molecule has 1 saturated carbocycles. The zero-order chi connectivity index (χ0) is 12.3. The van der Waals surface area contributed by atoms with Crippen LogP contribution in [0.25, 0.3) is 0 Å². The summed E-state index contributed by atoms with van der Waals surface area (Å²) in [6, 6.07) is 0. The van der Waals surface area contributed by atoms with Crippen molar-refractivity contribution in [2.45, 2.75) is 19.3 Å². The van der Waals surface area contributed by atoms with Gasteiger partial charge in [-0.25, -0.2) is 4.98 Å². The number of thiazole rings is 1. The van der Waals surface area contributed by atoms with E-state index in [1.54, 1.807) is 17.5 Å². The van der Waals surface area contributed by atoms with E-state index in [0.29, 0.717) is 25.8 Å². The summed E-state index contributed by atoms with van der Waals surface area (Å²) < 4.78 is 0. The van der Waals surface area contributed by atoms with Crippen LogP contribution >= 0.6 is 11.3 Å². The highest BCUT2D eigenvalue weighted by atomic mass is 32.1. The molecule has 1 aromatic heterocycles. The van der Waals surface area contributed by atoms with Gasteiger partial charge in [0.25, 0.3) is 0 Å². The summed E-state index contributed by atoms with van der Waals surface area (Å²) in [5.74, 6) is -1.84. The van der Waals surface area contributed by atoms with Gasteiger partial charge in [0.15, 0.2) is 0 Å². The summed E-state index contributed by atoms with van der Waals surface area (Å²) in [5.41, 5.74) is 0. The van der Waals surface area contributed by atoms with E-state index in [-0.39, 0.29) is 11.8 Å². The van der Waals surface area contributed by atoms with Gasteiger partial charge in [0.1, 0.15) is 0 Å². The Hall–Kier alpha value is -1.43. The van der Waals surface area contributed by atoms with E-state index < -0.39 is 11.9 Å². The van der Waals surface area contributed by atoms with E-state index >= 15 is 0 Å². The lowest BCUT2D eigenvalue weighted by molar-refractivity contribution is -0.152. The number of nitrogens with zero attached hydrogens (tertiary/aromatic N) is 1. The van der Waals surface area contributed by atoms with Crippen molar-refractivity contribution in [3.63, 3.8) is 0 Å². The average molecular weight is 254 g/mol. The highest BCUT2D eigenvalue weighted by Gasteiger charge is 2.41. The zero-order valence-electron chi connectivity index (χ0n) is 9.26. The molecule has 1 aliphatic carbocycles. The van der Waals surface area contributed by atoms with Crippen LogP contribution in [0.5, 0.6) is 0 Å². The van der Waals surface area contributed by atoms with Gasteiger partial charge < -0.3 is 10.4 Å². The number of aromatic nitrogens is 1. The van der Waals surface area contributed by atoms with E-state index in [4.69, 9.17) is 5.11 Å². The first-order valence-electron chi connectivity index (χ1n) is 5.57. The van der Waals surface area contributed by atoms with Gasteiger partial charge in [-0.1, -0.05) is 0 Å². The number of hydrogen-bond acceptors (Lipinski definition) is 4. The van der Waals surface area contributed by atoms with Crippen LogP contribution in [0.15, 0.2) is 11.6 Å². The Bertz CT molecular complexity index is 405. The summed E-state index contributed by atoms with van der Waals surface area (Å²) >= 11 is 1.55. The summed E-state index contributed by atoms with van der Waals surface area (Å²) in [5, 5.41) is 14.5. The van der Waals surface area contributed by atoms with Crippen LogP contribution in [-0.2, 0) is 16.0 Å². The van der Waals surface area contributed by atoms with Crippen molar-refractivity contribution in [2.24, 2.45) is 11.8 Å². The third kappa shape index (κ3) is 2.82. The maximum Gasteiger partial charge on any atom is 0.307 e. The number of rotatable bonds is 5. The fraction of sp³-hybridized carbons (Fsp3) is 0.545. The Morgan fingerprint density at radius 2 is 2.24 bits per heavy atom. The van der Waals surface area contributed by atoms with Gasteiger partial charge in [0.2, 0.25) is 5.91 Å². The Labute approximate surface area is 103 Å². The van der Waals surface area contributed by atoms with Gasteiger partial charge in [-0.2, -0.15) is 0 Å². The molecule has 1 amide bonds. The Balaban J connectivity index is 1.72. The van der Waals surface area contributed by atoms with E-state index in [9.17, 15) is 9.59 Å². The average Bonchev–Trinajstić information content (AvgIpc) is 2.67. The Kier molecular flexibility index (Phi) is 3.73. The fourth-order valence-corrected chi connectivity index (χ4v) is 2.53. The SMILES string of the molecule is O=C(O)C1CCC1C(=O)NCCc1nccs1. The van der Waals surface area contributed by atoms with Crippen LogP contribution in [0.2, 0.25) is 0 Å². The minimum atomic E-state index is -0.865. The van der Waals surface area contributed by atoms with E-state index in [1.807, 2.05) is 5.38 Å². The first-order valence-corrected chi connectivity index (χ1v) is 6.45. The van der Waals surface area contributed by atoms with Crippen molar-refractivity contribution < 1.29 is 14.7 Å². The first-order chi connectivity index (χ1) is 8.18. The molecule has 2 atom stereocenters. The maximum absolute atomic E-state index is 11.7. The van der Waals surface area contributed by atoms with Crippen LogP contribution in [0.4, 0.5) is 0 Å². The molecule has 17 heavy (non-hydrogen) atoms. The Morgan fingerprint density at radius 1 is 1.47 bits per heavy atom. The molecule has 2 rings (SSSR count). The molecule has 1 fully saturated rings. The second-order valence-electron chi connectivity index (χ2n) is 4.10. The first kappa shape index (κ1) is 12.0. The van der Waals surface area contributed by atoms with Crippen molar-refractivity contribution in [3.05, 3.63) is 16.6 Å². The van der Waals surface area contributed by atoms with Crippen LogP contribution in [0.3, 0.4) is 0 Å². The smallest absolute Gasteiger partial charge is 0.307 e. The van der Waals surface area contributed by atoms with E-state index in [1.165, 1.54) is 0 Å². The third-order valence-electron chi connectivity index (χ3n) is 3.05. The Morgan fingerprint density at radius 3 is 2.76 bits per heavy atom. The largest absolute Gasteiger partial charge is 0.481 e. The predicted octanol–water partition coefficient (Wildman–Crippen LogP) is 0.913. The standard InChI is InChI=1S/C11H14N2O3S/c14-10(7-1-2-8(7)11(15)16)13-4-3-9-12-5-6-17-9/h5-8H,1-4H2,(H,13,14)(H,15,16). The number of carbonyl (C=O) groups excluding carboxylic acids is 1. The summed E-state index contributed by atoms with van der Waals surface area (Å²) in [4.78, 5) is 26.6. The molecule has 2 N–H and O–H groups in total. The van der Waals surface area contributed by atoms with Crippen molar-refractivity contribution in [2.75, 3.05) is 6.54 Å². The fourth-order valence-electron chi connectivity index (χ4n) is 1.91. The molecule has 1 aromatic rings. The topological polar surface area (TPSA) is 79.3 Å². The molecule has 1 aliphatic rings. The van der Waals surface area contributed by atoms with Gasteiger partial charge in [-0.05, 0) is 12.8 Å². The number of nitrogens with one attached hydrogen (secondary N) is 1. The van der Waals surface area contributed by atoms with E-state index in [0.717, 1.165) is 5.01 Å². The second-order valence-corrected chi connectivity index (χ2v) is 5.07. The van der Waals surface area contributed by atoms with Crippen LogP contribution < -0.4 is 5.32 Å². The number of carboxylic acids is 1. The lowest BCUT2D eigenvalue weighted by Crippen LogP contribution is -2.44. The lowest BCUT2D eigenvalue weighted by Gasteiger charge is -2.31. The van der Waals surface area contributed by atoms with Gasteiger partial charge in [0.05, 0.1) is 16.8 Å². The predicted molar refractivity (Wildman–Crippen MR) is 62.7 cm³/mol. The second kappa shape index (κ2) is 5.27. The molecule has 5 nitrogen and oxygen atoms in total. The minimum absolute atomic E-state index is 0.139. The maximum atomic E-state index is 11.7. The number of aliphatic carboxylic acids is 1. The number of carbonyl (C=O) groups is 2. The van der Waals surface area contributed by atoms with Gasteiger partial charge in [-0.15, -0.1) is 11.3 Å². The molecule has 0 aromatic carbocycles.